The molecular formula is C15H15NOS2. The number of hydrogen-bond donors (Lipinski definition) is 1. The summed E-state index contributed by atoms with van der Waals surface area (Å²) in [5.74, 6) is 0.121. The summed E-state index contributed by atoms with van der Waals surface area (Å²) in [6.45, 7) is 2.16. The van der Waals surface area contributed by atoms with Gasteiger partial charge in [-0.1, -0.05) is 0 Å². The summed E-state index contributed by atoms with van der Waals surface area (Å²) in [4.78, 5) is 17.2. The van der Waals surface area contributed by atoms with Gasteiger partial charge in [-0.15, -0.1) is 22.7 Å². The van der Waals surface area contributed by atoms with E-state index in [0.717, 1.165) is 30.6 Å². The van der Waals surface area contributed by atoms with Crippen molar-refractivity contribution in [2.45, 2.75) is 38.6 Å². The number of nitrogens with one attached hydrogen (secondary N) is 1. The first-order valence-corrected chi connectivity index (χ1v) is 8.37. The molecule has 98 valence electrons. The molecule has 1 fully saturated rings. The summed E-state index contributed by atoms with van der Waals surface area (Å²) in [5.41, 5.74) is 2.73. The van der Waals surface area contributed by atoms with Crippen molar-refractivity contribution in [1.82, 2.24) is 5.32 Å². The number of amides is 1. The summed E-state index contributed by atoms with van der Waals surface area (Å²) >= 11 is 3.56. The molecule has 0 bridgehead atoms. The zero-order valence-electron chi connectivity index (χ0n) is 10.8. The summed E-state index contributed by atoms with van der Waals surface area (Å²) < 4.78 is 0. The van der Waals surface area contributed by atoms with E-state index >= 15 is 0 Å². The van der Waals surface area contributed by atoms with E-state index in [9.17, 15) is 4.79 Å². The number of hydrogen-bond acceptors (Lipinski definition) is 3. The van der Waals surface area contributed by atoms with Crippen molar-refractivity contribution >= 4 is 28.6 Å². The first-order valence-electron chi connectivity index (χ1n) is 6.74. The SMILES string of the molecule is Cc1cc2c(s1)CCc1cc(C(=O)NC3CC3)sc1-2. The minimum absolute atomic E-state index is 0.121. The van der Waals surface area contributed by atoms with Gasteiger partial charge in [-0.25, -0.2) is 0 Å². The lowest BCUT2D eigenvalue weighted by atomic mass is 9.98. The van der Waals surface area contributed by atoms with Crippen LogP contribution in [0.25, 0.3) is 10.4 Å². The van der Waals surface area contributed by atoms with Gasteiger partial charge in [-0.2, -0.15) is 0 Å². The quantitative estimate of drug-likeness (QED) is 0.895. The molecule has 19 heavy (non-hydrogen) atoms. The number of thiophene rings is 2. The van der Waals surface area contributed by atoms with Gasteiger partial charge < -0.3 is 5.32 Å². The highest BCUT2D eigenvalue weighted by atomic mass is 32.1. The number of rotatable bonds is 2. The van der Waals surface area contributed by atoms with Crippen molar-refractivity contribution in [3.05, 3.63) is 32.3 Å². The molecule has 2 heterocycles. The Morgan fingerprint density at radius 2 is 2.11 bits per heavy atom. The van der Waals surface area contributed by atoms with Crippen LogP contribution < -0.4 is 5.32 Å². The summed E-state index contributed by atoms with van der Waals surface area (Å²) in [6, 6.07) is 4.82. The topological polar surface area (TPSA) is 29.1 Å². The highest BCUT2D eigenvalue weighted by Gasteiger charge is 2.27. The van der Waals surface area contributed by atoms with Gasteiger partial charge in [0.25, 0.3) is 5.91 Å². The third-order valence-corrected chi connectivity index (χ3v) is 6.06. The Labute approximate surface area is 120 Å². The fraction of sp³-hybridized carbons (Fsp3) is 0.400. The van der Waals surface area contributed by atoms with Crippen LogP contribution >= 0.6 is 22.7 Å². The predicted molar refractivity (Wildman–Crippen MR) is 80.3 cm³/mol. The van der Waals surface area contributed by atoms with Gasteiger partial charge in [0, 0.05) is 26.2 Å². The summed E-state index contributed by atoms with van der Waals surface area (Å²) in [5, 5.41) is 3.08. The van der Waals surface area contributed by atoms with Gasteiger partial charge in [-0.3, -0.25) is 4.79 Å². The zero-order chi connectivity index (χ0) is 13.0. The van der Waals surface area contributed by atoms with E-state index in [0.29, 0.717) is 6.04 Å². The second-order valence-corrected chi connectivity index (χ2v) is 7.80. The average molecular weight is 289 g/mol. The second kappa shape index (κ2) is 4.18. The van der Waals surface area contributed by atoms with Crippen molar-refractivity contribution in [2.75, 3.05) is 0 Å². The maximum atomic E-state index is 12.1. The van der Waals surface area contributed by atoms with Gasteiger partial charge in [-0.05, 0) is 50.3 Å². The monoisotopic (exact) mass is 289 g/mol. The largest absolute Gasteiger partial charge is 0.349 e. The first kappa shape index (κ1) is 11.7. The maximum absolute atomic E-state index is 12.1. The van der Waals surface area contributed by atoms with Crippen molar-refractivity contribution < 1.29 is 4.79 Å². The van der Waals surface area contributed by atoms with Crippen molar-refractivity contribution in [2.24, 2.45) is 0 Å². The molecule has 0 atom stereocenters. The molecule has 2 aliphatic carbocycles. The number of aryl methyl sites for hydroxylation is 3. The van der Waals surface area contributed by atoms with Crippen LogP contribution in [0.2, 0.25) is 0 Å². The van der Waals surface area contributed by atoms with E-state index in [4.69, 9.17) is 0 Å². The van der Waals surface area contributed by atoms with Crippen LogP contribution in [0, 0.1) is 6.92 Å². The molecule has 2 aliphatic rings. The van der Waals surface area contributed by atoms with E-state index in [2.05, 4.69) is 24.4 Å². The van der Waals surface area contributed by atoms with Gasteiger partial charge >= 0.3 is 0 Å². The molecule has 2 aromatic rings. The molecule has 1 N–H and O–H groups in total. The molecular weight excluding hydrogens is 274 g/mol. The van der Waals surface area contributed by atoms with Gasteiger partial charge in [0.15, 0.2) is 0 Å². The van der Waals surface area contributed by atoms with E-state index in [1.165, 1.54) is 25.8 Å². The Morgan fingerprint density at radius 1 is 1.26 bits per heavy atom. The molecule has 0 radical (unpaired) electrons. The highest BCUT2D eigenvalue weighted by molar-refractivity contribution is 7.18. The van der Waals surface area contributed by atoms with Crippen LogP contribution in [0.5, 0.6) is 0 Å². The van der Waals surface area contributed by atoms with Gasteiger partial charge in [0.05, 0.1) is 4.88 Å². The number of carbonyl (C=O) groups excluding carboxylic acids is 1. The summed E-state index contributed by atoms with van der Waals surface area (Å²) in [6.07, 6.45) is 4.49. The van der Waals surface area contributed by atoms with Crippen LogP contribution in [0.4, 0.5) is 0 Å². The van der Waals surface area contributed by atoms with Crippen LogP contribution in [-0.4, -0.2) is 11.9 Å². The maximum Gasteiger partial charge on any atom is 0.261 e. The lowest BCUT2D eigenvalue weighted by Gasteiger charge is -2.10. The molecule has 2 nitrogen and oxygen atoms in total. The smallest absolute Gasteiger partial charge is 0.261 e. The zero-order valence-corrected chi connectivity index (χ0v) is 12.4. The number of carbonyl (C=O) groups is 1. The lowest BCUT2D eigenvalue weighted by molar-refractivity contribution is 0.0955. The van der Waals surface area contributed by atoms with Gasteiger partial charge in [0.2, 0.25) is 0 Å². The Hall–Kier alpha value is -1.13. The molecule has 4 rings (SSSR count). The highest BCUT2D eigenvalue weighted by Crippen LogP contribution is 2.43. The molecule has 0 spiro atoms. The minimum Gasteiger partial charge on any atom is -0.349 e. The van der Waals surface area contributed by atoms with Crippen LogP contribution in [0.3, 0.4) is 0 Å². The molecule has 0 aromatic carbocycles. The average Bonchev–Trinajstić information content (AvgIpc) is 2.94. The fourth-order valence-electron chi connectivity index (χ4n) is 2.63. The minimum atomic E-state index is 0.121. The van der Waals surface area contributed by atoms with E-state index in [-0.39, 0.29) is 5.91 Å². The molecule has 0 aliphatic heterocycles. The third-order valence-electron chi connectivity index (χ3n) is 3.74. The molecule has 0 unspecified atom stereocenters. The molecule has 0 saturated heterocycles. The Bertz CT molecular complexity index is 664. The van der Waals surface area contributed by atoms with Crippen molar-refractivity contribution in [3.8, 4) is 10.4 Å². The Morgan fingerprint density at radius 3 is 2.89 bits per heavy atom. The molecule has 2 aromatic heterocycles. The van der Waals surface area contributed by atoms with E-state index in [1.54, 1.807) is 11.3 Å². The predicted octanol–water partition coefficient (Wildman–Crippen LogP) is 3.78. The van der Waals surface area contributed by atoms with Gasteiger partial charge in [0.1, 0.15) is 0 Å². The van der Waals surface area contributed by atoms with Crippen LogP contribution in [-0.2, 0) is 12.8 Å². The second-order valence-electron chi connectivity index (χ2n) is 5.41. The Kier molecular flexibility index (Phi) is 2.57. The number of fused-ring (bicyclic) bond motifs is 3. The Balaban J connectivity index is 1.71. The molecule has 1 amide bonds. The van der Waals surface area contributed by atoms with E-state index in [1.807, 2.05) is 11.3 Å². The van der Waals surface area contributed by atoms with Crippen molar-refractivity contribution in [1.29, 1.82) is 0 Å². The molecule has 4 heteroatoms. The molecule has 1 saturated carbocycles. The van der Waals surface area contributed by atoms with E-state index < -0.39 is 0 Å². The van der Waals surface area contributed by atoms with Crippen LogP contribution in [0.15, 0.2) is 12.1 Å². The lowest BCUT2D eigenvalue weighted by Crippen LogP contribution is -2.24. The first-order chi connectivity index (χ1) is 9.20. The third kappa shape index (κ3) is 2.03. The van der Waals surface area contributed by atoms with Crippen LogP contribution in [0.1, 0.15) is 37.8 Å². The van der Waals surface area contributed by atoms with Crippen molar-refractivity contribution in [3.63, 3.8) is 0 Å². The standard InChI is InChI=1S/C15H15NOS2/c1-8-6-11-12(18-8)5-2-9-7-13(19-14(9)11)15(17)16-10-3-4-10/h6-7,10H,2-5H2,1H3,(H,16,17). The fourth-order valence-corrected chi connectivity index (χ4v) is 4.89. The normalized spacial score (nSPS) is 16.9. The summed E-state index contributed by atoms with van der Waals surface area (Å²) in [7, 11) is 0.